The molecule has 0 bridgehead atoms. The molecular weight excluding hydrogens is 563 g/mol. The van der Waals surface area contributed by atoms with Gasteiger partial charge in [0.2, 0.25) is 0 Å². The number of fused-ring (bicyclic) bond motifs is 3. The van der Waals surface area contributed by atoms with Crippen molar-refractivity contribution in [1.82, 2.24) is 4.57 Å². The molecular formula is C32H22Cl2N2O3S. The first-order chi connectivity index (χ1) is 19.5. The molecule has 5 nitrogen and oxygen atoms in total. The Bertz CT molecular complexity index is 2020. The van der Waals surface area contributed by atoms with E-state index in [2.05, 4.69) is 18.2 Å². The predicted molar refractivity (Wildman–Crippen MR) is 160 cm³/mol. The summed E-state index contributed by atoms with van der Waals surface area (Å²) in [6.45, 7) is 0. The molecule has 0 fully saturated rings. The minimum absolute atomic E-state index is 0.121. The summed E-state index contributed by atoms with van der Waals surface area (Å²) in [5, 5.41) is 1.10. The van der Waals surface area contributed by atoms with Gasteiger partial charge in [0.15, 0.2) is 4.80 Å². The number of ether oxygens (including phenoxy) is 1. The number of aromatic nitrogens is 1. The summed E-state index contributed by atoms with van der Waals surface area (Å²) in [6.07, 6.45) is 3.47. The quantitative estimate of drug-likeness (QED) is 0.231. The van der Waals surface area contributed by atoms with E-state index in [-0.39, 0.29) is 11.6 Å². The number of halogens is 2. The van der Waals surface area contributed by atoms with Gasteiger partial charge in [-0.15, -0.1) is 0 Å². The second kappa shape index (κ2) is 9.97. The van der Waals surface area contributed by atoms with E-state index in [9.17, 15) is 4.79 Å². The molecule has 1 aliphatic carbocycles. The summed E-state index contributed by atoms with van der Waals surface area (Å²) in [5.74, 6) is 1.86. The molecule has 0 unspecified atom stereocenters. The minimum atomic E-state index is -0.324. The van der Waals surface area contributed by atoms with Gasteiger partial charge < -0.3 is 9.15 Å². The highest BCUT2D eigenvalue weighted by atomic mass is 35.5. The standard InChI is InChI=1S/C32H22Cl2N2O3S/c1-38-26-9-5-4-8-22(26)30-23-13-10-18-6-2-3-7-21(18)29(23)35-32-36(30)31(37)28(40-32)17-20-12-15-27(39-20)24-16-19(33)11-14-25(24)34/h2-9,11-12,14-17,30H,10,13H2,1H3/b28-17+/t30-/m0/s1. The Labute approximate surface area is 243 Å². The molecule has 0 amide bonds. The van der Waals surface area contributed by atoms with E-state index in [4.69, 9.17) is 37.3 Å². The average molecular weight is 586 g/mol. The summed E-state index contributed by atoms with van der Waals surface area (Å²) >= 11 is 13.9. The van der Waals surface area contributed by atoms with Crippen LogP contribution in [0.1, 0.15) is 34.9 Å². The Hall–Kier alpha value is -3.84. The number of rotatable bonds is 4. The van der Waals surface area contributed by atoms with Crippen molar-refractivity contribution >= 4 is 46.3 Å². The van der Waals surface area contributed by atoms with Crippen LogP contribution in [0.2, 0.25) is 10.0 Å². The molecule has 0 saturated heterocycles. The van der Waals surface area contributed by atoms with Crippen LogP contribution >= 0.6 is 34.5 Å². The summed E-state index contributed by atoms with van der Waals surface area (Å²) in [7, 11) is 1.66. The summed E-state index contributed by atoms with van der Waals surface area (Å²) < 4.78 is 14.2. The van der Waals surface area contributed by atoms with Crippen molar-refractivity contribution in [2.24, 2.45) is 4.99 Å². The molecule has 40 heavy (non-hydrogen) atoms. The van der Waals surface area contributed by atoms with Gasteiger partial charge in [0.05, 0.1) is 28.4 Å². The number of methoxy groups -OCH3 is 1. The van der Waals surface area contributed by atoms with Gasteiger partial charge in [-0.3, -0.25) is 9.36 Å². The lowest BCUT2D eigenvalue weighted by Crippen LogP contribution is -2.38. The Balaban J connectivity index is 1.42. The molecule has 3 heterocycles. The van der Waals surface area contributed by atoms with E-state index in [1.165, 1.54) is 16.9 Å². The van der Waals surface area contributed by atoms with Crippen molar-refractivity contribution in [1.29, 1.82) is 0 Å². The molecule has 0 spiro atoms. The van der Waals surface area contributed by atoms with Gasteiger partial charge in [0.25, 0.3) is 5.56 Å². The van der Waals surface area contributed by atoms with Crippen molar-refractivity contribution in [2.75, 3.05) is 7.11 Å². The molecule has 3 aromatic carbocycles. The third-order valence-corrected chi connectivity index (χ3v) is 8.95. The second-order valence-electron chi connectivity index (χ2n) is 9.68. The van der Waals surface area contributed by atoms with Gasteiger partial charge in [-0.2, -0.15) is 0 Å². The highest BCUT2D eigenvalue weighted by Crippen LogP contribution is 2.43. The Morgan fingerprint density at radius 2 is 1.82 bits per heavy atom. The Kier molecular flexibility index (Phi) is 6.27. The normalized spacial score (nSPS) is 16.3. The van der Waals surface area contributed by atoms with Gasteiger partial charge in [0, 0.05) is 27.8 Å². The Morgan fingerprint density at radius 1 is 1.00 bits per heavy atom. The molecule has 0 radical (unpaired) electrons. The molecule has 0 saturated carbocycles. The summed E-state index contributed by atoms with van der Waals surface area (Å²) in [6, 6.07) is 24.8. The van der Waals surface area contributed by atoms with Gasteiger partial charge in [-0.25, -0.2) is 4.99 Å². The molecule has 2 aromatic heterocycles. The maximum atomic E-state index is 14.0. The summed E-state index contributed by atoms with van der Waals surface area (Å²) in [4.78, 5) is 19.8. The lowest BCUT2D eigenvalue weighted by Gasteiger charge is -2.31. The molecule has 1 atom stereocenters. The zero-order valence-corrected chi connectivity index (χ0v) is 23.7. The first-order valence-electron chi connectivity index (χ1n) is 12.8. The third kappa shape index (κ3) is 4.15. The van der Waals surface area contributed by atoms with Crippen molar-refractivity contribution in [3.8, 4) is 17.1 Å². The van der Waals surface area contributed by atoms with Crippen LogP contribution in [0.4, 0.5) is 0 Å². The van der Waals surface area contributed by atoms with Crippen LogP contribution in [0.3, 0.4) is 0 Å². The van der Waals surface area contributed by atoms with Gasteiger partial charge >= 0.3 is 0 Å². The van der Waals surface area contributed by atoms with Crippen LogP contribution in [-0.4, -0.2) is 11.7 Å². The molecule has 0 N–H and O–H groups in total. The van der Waals surface area contributed by atoms with E-state index in [1.54, 1.807) is 36.0 Å². The van der Waals surface area contributed by atoms with Crippen LogP contribution in [-0.2, 0) is 6.42 Å². The fraction of sp³-hybridized carbons (Fsp3) is 0.125. The monoisotopic (exact) mass is 584 g/mol. The number of furan rings is 1. The average Bonchev–Trinajstić information content (AvgIpc) is 3.57. The van der Waals surface area contributed by atoms with Crippen LogP contribution in [0, 0.1) is 0 Å². The van der Waals surface area contributed by atoms with E-state index < -0.39 is 0 Å². The number of hydrogen-bond donors (Lipinski definition) is 0. The van der Waals surface area contributed by atoms with Gasteiger partial charge in [0.1, 0.15) is 17.3 Å². The van der Waals surface area contributed by atoms with E-state index in [1.807, 2.05) is 42.5 Å². The lowest BCUT2D eigenvalue weighted by molar-refractivity contribution is 0.402. The molecule has 2 aliphatic rings. The van der Waals surface area contributed by atoms with Crippen LogP contribution in [0.5, 0.6) is 5.75 Å². The van der Waals surface area contributed by atoms with Gasteiger partial charge in [-0.1, -0.05) is 77.0 Å². The minimum Gasteiger partial charge on any atom is -0.496 e. The van der Waals surface area contributed by atoms with Crippen LogP contribution in [0.25, 0.3) is 23.1 Å². The zero-order chi connectivity index (χ0) is 27.4. The maximum absolute atomic E-state index is 14.0. The van der Waals surface area contributed by atoms with Crippen molar-refractivity contribution in [3.05, 3.63) is 137 Å². The number of allylic oxidation sites excluding steroid dienone is 1. The van der Waals surface area contributed by atoms with E-state index in [0.29, 0.717) is 36.5 Å². The molecule has 5 aromatic rings. The predicted octanol–water partition coefficient (Wildman–Crippen LogP) is 6.89. The molecule has 8 heteroatoms. The second-order valence-corrected chi connectivity index (χ2v) is 11.5. The maximum Gasteiger partial charge on any atom is 0.271 e. The SMILES string of the molecule is COc1ccccc1[C@H]1C2=C(N=c3s/c(=C/c4ccc(-c5cc(Cl)ccc5Cl)o4)c(=O)n31)c1ccccc1CC2. The number of benzene rings is 3. The highest BCUT2D eigenvalue weighted by Gasteiger charge is 2.34. The zero-order valence-electron chi connectivity index (χ0n) is 21.4. The van der Waals surface area contributed by atoms with Crippen molar-refractivity contribution < 1.29 is 9.15 Å². The number of nitrogens with zero attached hydrogens (tertiary/aromatic N) is 2. The number of thiazole rings is 1. The van der Waals surface area contributed by atoms with Crippen molar-refractivity contribution in [3.63, 3.8) is 0 Å². The summed E-state index contributed by atoms with van der Waals surface area (Å²) in [5.41, 5.74) is 5.97. The number of aryl methyl sites for hydroxylation is 1. The highest BCUT2D eigenvalue weighted by molar-refractivity contribution is 7.07. The lowest BCUT2D eigenvalue weighted by atomic mass is 9.83. The molecule has 198 valence electrons. The third-order valence-electron chi connectivity index (χ3n) is 7.40. The number of para-hydroxylation sites is 1. The van der Waals surface area contributed by atoms with E-state index >= 15 is 0 Å². The molecule has 1 aliphatic heterocycles. The van der Waals surface area contributed by atoms with Crippen LogP contribution < -0.4 is 19.6 Å². The fourth-order valence-corrected chi connectivity index (χ4v) is 6.95. The first-order valence-corrected chi connectivity index (χ1v) is 14.4. The van der Waals surface area contributed by atoms with Crippen molar-refractivity contribution in [2.45, 2.75) is 18.9 Å². The largest absolute Gasteiger partial charge is 0.496 e. The number of hydrogen-bond acceptors (Lipinski definition) is 5. The smallest absolute Gasteiger partial charge is 0.271 e. The topological polar surface area (TPSA) is 56.7 Å². The first kappa shape index (κ1) is 25.1. The fourth-order valence-electron chi connectivity index (χ4n) is 5.58. The van der Waals surface area contributed by atoms with Gasteiger partial charge in [-0.05, 0) is 60.4 Å². The van der Waals surface area contributed by atoms with Crippen LogP contribution in [0.15, 0.2) is 98.6 Å². The molecule has 7 rings (SSSR count). The van der Waals surface area contributed by atoms with E-state index in [0.717, 1.165) is 41.0 Å². The Morgan fingerprint density at radius 3 is 2.70 bits per heavy atom.